The maximum atomic E-state index is 13.0. The number of nitrogens with zero attached hydrogens (tertiary/aromatic N) is 3. The van der Waals surface area contributed by atoms with Crippen molar-refractivity contribution < 1.29 is 25.2 Å². The van der Waals surface area contributed by atoms with Crippen LogP contribution < -0.4 is 5.32 Å². The molecule has 0 fully saturated rings. The zero-order chi connectivity index (χ0) is 29.1. The van der Waals surface area contributed by atoms with E-state index in [2.05, 4.69) is 37.1 Å². The third-order valence-electron chi connectivity index (χ3n) is 6.88. The van der Waals surface area contributed by atoms with E-state index in [9.17, 15) is 25.2 Å². The van der Waals surface area contributed by atoms with Crippen molar-refractivity contribution >= 4 is 22.9 Å². The molecule has 0 aliphatic carbocycles. The second kappa shape index (κ2) is 11.5. The standard InChI is InChI=1S/C29H34N6O5/c1-6-11-35(28(40)16(4)15(2)3)14-22-31-13-21(32-22)23-26(38)24(36)18(25(37)27(23)39)9-7-17-8-10-19-20(12-17)34-29(30-5)33-19/h8,10,12-13,15-16,36-39H,6,11,14H2,1-5H3,(H,31,32)(H2,30,33,34). The summed E-state index contributed by atoms with van der Waals surface area (Å²) in [4.78, 5) is 29.4. The highest BCUT2D eigenvalue weighted by molar-refractivity contribution is 5.84. The smallest absolute Gasteiger partial charge is 0.226 e. The molecule has 0 saturated carbocycles. The van der Waals surface area contributed by atoms with Gasteiger partial charge in [-0.05, 0) is 30.5 Å². The van der Waals surface area contributed by atoms with E-state index < -0.39 is 23.0 Å². The SMILES string of the molecule is CCCN(Cc1ncc(-c2c(O)c(O)c(C#Cc3ccc4nc(NC)[nH]c4c3)c(O)c2O)[nH]1)C(=O)C(C)C(C)C. The monoisotopic (exact) mass is 546 g/mol. The summed E-state index contributed by atoms with van der Waals surface area (Å²) in [7, 11) is 1.74. The van der Waals surface area contributed by atoms with Gasteiger partial charge in [0, 0.05) is 25.1 Å². The van der Waals surface area contributed by atoms with Crippen molar-refractivity contribution in [2.45, 2.75) is 40.7 Å². The van der Waals surface area contributed by atoms with Gasteiger partial charge in [-0.2, -0.15) is 0 Å². The fourth-order valence-electron chi connectivity index (χ4n) is 4.27. The minimum atomic E-state index is -0.692. The van der Waals surface area contributed by atoms with Crippen LogP contribution in [-0.4, -0.2) is 64.8 Å². The van der Waals surface area contributed by atoms with Gasteiger partial charge in [0.1, 0.15) is 11.4 Å². The second-order valence-electron chi connectivity index (χ2n) is 10.00. The number of carbonyl (C=O) groups excluding carboxylic acids is 1. The molecule has 210 valence electrons. The topological polar surface area (TPSA) is 171 Å². The molecule has 2 aromatic heterocycles. The van der Waals surface area contributed by atoms with E-state index in [0.29, 0.717) is 23.9 Å². The summed E-state index contributed by atoms with van der Waals surface area (Å²) in [6.07, 6.45) is 2.12. The van der Waals surface area contributed by atoms with Crippen molar-refractivity contribution in [3.05, 3.63) is 41.3 Å². The molecule has 0 aliphatic rings. The zero-order valence-corrected chi connectivity index (χ0v) is 23.1. The van der Waals surface area contributed by atoms with Crippen molar-refractivity contribution in [2.75, 3.05) is 18.9 Å². The summed E-state index contributed by atoms with van der Waals surface area (Å²) >= 11 is 0. The molecular weight excluding hydrogens is 512 g/mol. The van der Waals surface area contributed by atoms with Crippen molar-refractivity contribution in [3.8, 4) is 46.1 Å². The predicted molar refractivity (Wildman–Crippen MR) is 152 cm³/mol. The third kappa shape index (κ3) is 5.47. The Morgan fingerprint density at radius 3 is 2.38 bits per heavy atom. The van der Waals surface area contributed by atoms with E-state index in [0.717, 1.165) is 17.5 Å². The van der Waals surface area contributed by atoms with Gasteiger partial charge in [0.05, 0.1) is 35.0 Å². The van der Waals surface area contributed by atoms with E-state index in [1.807, 2.05) is 27.7 Å². The first-order valence-electron chi connectivity index (χ1n) is 13.1. The molecule has 7 N–H and O–H groups in total. The summed E-state index contributed by atoms with van der Waals surface area (Å²) in [6, 6.07) is 5.24. The van der Waals surface area contributed by atoms with Crippen LogP contribution in [0, 0.1) is 23.7 Å². The Morgan fingerprint density at radius 1 is 1.05 bits per heavy atom. The normalized spacial score (nSPS) is 11.8. The van der Waals surface area contributed by atoms with Gasteiger partial charge < -0.3 is 40.6 Å². The lowest BCUT2D eigenvalue weighted by atomic mass is 9.96. The Hall–Kier alpha value is -4.85. The quantitative estimate of drug-likeness (QED) is 0.0977. The second-order valence-corrected chi connectivity index (χ2v) is 10.00. The highest BCUT2D eigenvalue weighted by atomic mass is 16.3. The number of amides is 1. The average Bonchev–Trinajstić information content (AvgIpc) is 3.57. The molecule has 0 bridgehead atoms. The number of hydrogen-bond acceptors (Lipinski definition) is 8. The number of H-pyrrole nitrogens is 2. The molecule has 4 aromatic rings. The maximum Gasteiger partial charge on any atom is 0.226 e. The van der Waals surface area contributed by atoms with Crippen LogP contribution in [0.3, 0.4) is 0 Å². The molecule has 2 aromatic carbocycles. The van der Waals surface area contributed by atoms with Crippen LogP contribution >= 0.6 is 0 Å². The Bertz CT molecular complexity index is 1580. The Balaban J connectivity index is 1.64. The lowest BCUT2D eigenvalue weighted by Gasteiger charge is -2.26. The number of fused-ring (bicyclic) bond motifs is 1. The Kier molecular flexibility index (Phi) is 8.09. The molecule has 2 heterocycles. The average molecular weight is 547 g/mol. The molecule has 11 nitrogen and oxygen atoms in total. The van der Waals surface area contributed by atoms with Crippen molar-refractivity contribution in [1.82, 2.24) is 24.8 Å². The fourth-order valence-corrected chi connectivity index (χ4v) is 4.27. The van der Waals surface area contributed by atoms with Crippen LogP contribution in [0.25, 0.3) is 22.3 Å². The van der Waals surface area contributed by atoms with Crippen molar-refractivity contribution in [3.63, 3.8) is 0 Å². The highest BCUT2D eigenvalue weighted by Crippen LogP contribution is 2.50. The molecule has 0 aliphatic heterocycles. The van der Waals surface area contributed by atoms with E-state index in [-0.39, 0.29) is 41.1 Å². The third-order valence-corrected chi connectivity index (χ3v) is 6.88. The van der Waals surface area contributed by atoms with Crippen molar-refractivity contribution in [2.24, 2.45) is 11.8 Å². The van der Waals surface area contributed by atoms with Gasteiger partial charge in [0.2, 0.25) is 11.9 Å². The Morgan fingerprint density at radius 2 is 1.75 bits per heavy atom. The summed E-state index contributed by atoms with van der Waals surface area (Å²) in [5, 5.41) is 45.9. The number of aromatic hydroxyl groups is 4. The van der Waals surface area contributed by atoms with E-state index in [1.165, 1.54) is 6.20 Å². The highest BCUT2D eigenvalue weighted by Gasteiger charge is 2.26. The number of anilines is 1. The fraction of sp³-hybridized carbons (Fsp3) is 0.345. The van der Waals surface area contributed by atoms with Gasteiger partial charge >= 0.3 is 0 Å². The first-order valence-corrected chi connectivity index (χ1v) is 13.1. The van der Waals surface area contributed by atoms with Gasteiger partial charge in [-0.15, -0.1) is 0 Å². The van der Waals surface area contributed by atoms with Gasteiger partial charge in [0.25, 0.3) is 0 Å². The molecule has 0 spiro atoms. The molecule has 0 radical (unpaired) electrons. The van der Waals surface area contributed by atoms with Gasteiger partial charge in [0.15, 0.2) is 23.0 Å². The number of phenols is 4. The summed E-state index contributed by atoms with van der Waals surface area (Å²) in [5.41, 5.74) is 1.61. The van der Waals surface area contributed by atoms with Crippen LogP contribution in [0.1, 0.15) is 51.1 Å². The number of aromatic amines is 2. The minimum absolute atomic E-state index is 0.00728. The molecule has 1 unspecified atom stereocenters. The van der Waals surface area contributed by atoms with Crippen LogP contribution in [0.2, 0.25) is 0 Å². The number of imidazole rings is 2. The molecule has 4 rings (SSSR count). The molecule has 0 saturated heterocycles. The molecular formula is C29H34N6O5. The summed E-state index contributed by atoms with van der Waals surface area (Å²) < 4.78 is 0. The lowest BCUT2D eigenvalue weighted by Crippen LogP contribution is -2.37. The van der Waals surface area contributed by atoms with Crippen LogP contribution in [0.5, 0.6) is 23.0 Å². The van der Waals surface area contributed by atoms with Gasteiger partial charge in [-0.1, -0.05) is 39.5 Å². The maximum absolute atomic E-state index is 13.0. The largest absolute Gasteiger partial charge is 0.504 e. The van der Waals surface area contributed by atoms with E-state index in [1.54, 1.807) is 30.1 Å². The number of carbonyl (C=O) groups is 1. The predicted octanol–water partition coefficient (Wildman–Crippen LogP) is 4.25. The molecule has 40 heavy (non-hydrogen) atoms. The number of phenolic OH excluding ortho intramolecular Hbond substituents is 4. The molecule has 11 heteroatoms. The minimum Gasteiger partial charge on any atom is -0.504 e. The van der Waals surface area contributed by atoms with Crippen LogP contribution in [-0.2, 0) is 11.3 Å². The lowest BCUT2D eigenvalue weighted by molar-refractivity contribution is -0.137. The van der Waals surface area contributed by atoms with Crippen LogP contribution in [0.15, 0.2) is 24.4 Å². The number of benzene rings is 2. The van der Waals surface area contributed by atoms with Gasteiger partial charge in [-0.25, -0.2) is 9.97 Å². The van der Waals surface area contributed by atoms with Crippen LogP contribution in [0.4, 0.5) is 5.95 Å². The number of aromatic nitrogens is 4. The van der Waals surface area contributed by atoms with E-state index >= 15 is 0 Å². The first kappa shape index (κ1) is 28.2. The zero-order valence-electron chi connectivity index (χ0n) is 23.1. The summed E-state index contributed by atoms with van der Waals surface area (Å²) in [6.45, 7) is 8.60. The summed E-state index contributed by atoms with van der Waals surface area (Å²) in [5.74, 6) is 3.76. The molecule has 1 atom stereocenters. The van der Waals surface area contributed by atoms with E-state index in [4.69, 9.17) is 0 Å². The number of nitrogens with one attached hydrogen (secondary N) is 3. The number of hydrogen-bond donors (Lipinski definition) is 7. The Labute approximate surface area is 231 Å². The van der Waals surface area contributed by atoms with Crippen molar-refractivity contribution in [1.29, 1.82) is 0 Å². The number of rotatable bonds is 8. The van der Waals surface area contributed by atoms with Gasteiger partial charge in [-0.3, -0.25) is 4.79 Å². The first-order chi connectivity index (χ1) is 19.0. The molecule has 1 amide bonds.